The first-order valence-electron chi connectivity index (χ1n) is 13.2. The van der Waals surface area contributed by atoms with Gasteiger partial charge in [0.25, 0.3) is 0 Å². The Labute approximate surface area is 254 Å². The summed E-state index contributed by atoms with van der Waals surface area (Å²) in [6, 6.07) is 24.7. The Kier molecular flexibility index (Phi) is 7.10. The fraction of sp³-hybridized carbons (Fsp3) is 0.118. The summed E-state index contributed by atoms with van der Waals surface area (Å²) in [7, 11) is 0. The maximum absolute atomic E-state index is 5.87. The van der Waals surface area contributed by atoms with Crippen molar-refractivity contribution < 1.29 is 23.9 Å². The fourth-order valence-electron chi connectivity index (χ4n) is 5.58. The number of pyridine rings is 2. The van der Waals surface area contributed by atoms with Crippen molar-refractivity contribution in [2.24, 2.45) is 0 Å². The van der Waals surface area contributed by atoms with Gasteiger partial charge in [0.1, 0.15) is 11.1 Å². The monoisotopic (exact) mass is 602 g/mol. The van der Waals surface area contributed by atoms with E-state index in [1.807, 2.05) is 50.4 Å². The van der Waals surface area contributed by atoms with Crippen molar-refractivity contribution in [2.75, 3.05) is 0 Å². The van der Waals surface area contributed by atoms with E-state index in [9.17, 15) is 0 Å². The van der Waals surface area contributed by atoms with Gasteiger partial charge in [-0.15, -0.1) is 22.7 Å². The SMILES string of the molecule is Cc1cc(C)c(-c2cccc3oc4cccnc4c23)[n-]1.Cc1cc(C)c(-c2cccc3sc4cccnc4c23)[n-]1.[Zn+2]. The van der Waals surface area contributed by atoms with Gasteiger partial charge in [0.15, 0.2) is 5.58 Å². The van der Waals surface area contributed by atoms with E-state index in [0.717, 1.165) is 55.9 Å². The molecule has 0 bridgehead atoms. The molecule has 5 nitrogen and oxygen atoms in total. The van der Waals surface area contributed by atoms with Crippen LogP contribution in [0.3, 0.4) is 0 Å². The summed E-state index contributed by atoms with van der Waals surface area (Å²) in [6.45, 7) is 8.27. The quantitative estimate of drug-likeness (QED) is 0.185. The van der Waals surface area contributed by atoms with Crippen molar-refractivity contribution in [3.05, 3.63) is 108 Å². The molecule has 41 heavy (non-hydrogen) atoms. The number of thiophene rings is 1. The van der Waals surface area contributed by atoms with Crippen LogP contribution in [0.25, 0.3) is 64.9 Å². The van der Waals surface area contributed by atoms with Crippen LogP contribution in [0.1, 0.15) is 22.5 Å². The topological polar surface area (TPSA) is 67.1 Å². The van der Waals surface area contributed by atoms with Crippen LogP contribution in [0.2, 0.25) is 0 Å². The minimum atomic E-state index is 0. The van der Waals surface area contributed by atoms with Gasteiger partial charge in [0.2, 0.25) is 0 Å². The maximum atomic E-state index is 5.87. The van der Waals surface area contributed by atoms with Gasteiger partial charge in [-0.25, -0.2) is 0 Å². The van der Waals surface area contributed by atoms with Gasteiger partial charge in [-0.1, -0.05) is 61.4 Å². The van der Waals surface area contributed by atoms with E-state index in [1.165, 1.54) is 31.5 Å². The number of nitrogens with zero attached hydrogens (tertiary/aromatic N) is 4. The molecule has 8 aromatic rings. The normalized spacial score (nSPS) is 11.2. The number of aryl methyl sites for hydroxylation is 4. The largest absolute Gasteiger partial charge is 2.00 e. The van der Waals surface area contributed by atoms with Crippen molar-refractivity contribution in [2.45, 2.75) is 27.7 Å². The van der Waals surface area contributed by atoms with E-state index in [1.54, 1.807) is 17.5 Å². The standard InChI is InChI=1S/C17H13N2O.C17H13N2S.Zn/c2*1-10-9-11(2)19-16(10)12-5-3-6-13-15(12)17-14(20-13)7-4-8-18-17;/h2*3-9H,1-2H3;/q2*-1;+2. The second-order valence-corrected chi connectivity index (χ2v) is 11.2. The van der Waals surface area contributed by atoms with Gasteiger partial charge in [-0.2, -0.15) is 11.4 Å². The predicted octanol–water partition coefficient (Wildman–Crippen LogP) is 8.91. The summed E-state index contributed by atoms with van der Waals surface area (Å²) in [5, 5.41) is 2.28. The van der Waals surface area contributed by atoms with Gasteiger partial charge in [-0.3, -0.25) is 9.97 Å². The van der Waals surface area contributed by atoms with E-state index < -0.39 is 0 Å². The van der Waals surface area contributed by atoms with Gasteiger partial charge in [0.05, 0.1) is 15.6 Å². The minimum Gasteiger partial charge on any atom is -0.661 e. The van der Waals surface area contributed by atoms with Crippen LogP contribution in [0.15, 0.2) is 89.6 Å². The zero-order valence-corrected chi connectivity index (χ0v) is 27.2. The van der Waals surface area contributed by atoms with E-state index in [4.69, 9.17) is 9.40 Å². The van der Waals surface area contributed by atoms with Crippen LogP contribution in [0, 0.1) is 27.7 Å². The van der Waals surface area contributed by atoms with E-state index in [2.05, 4.69) is 71.3 Å². The Morgan fingerprint density at radius 3 is 1.83 bits per heavy atom. The molecule has 2 aromatic carbocycles. The molecule has 0 saturated carbocycles. The van der Waals surface area contributed by atoms with Gasteiger partial charge >= 0.3 is 19.5 Å². The third-order valence-corrected chi connectivity index (χ3v) is 8.30. The number of benzene rings is 2. The third-order valence-electron chi connectivity index (χ3n) is 7.19. The Bertz CT molecular complexity index is 2030. The Hall–Kier alpha value is -4.06. The number of hydrogen-bond donors (Lipinski definition) is 0. The number of rotatable bonds is 2. The second kappa shape index (κ2) is 10.7. The summed E-state index contributed by atoms with van der Waals surface area (Å²) in [6.07, 6.45) is 3.66. The molecular formula is C34H26N4OSZn. The minimum absolute atomic E-state index is 0. The van der Waals surface area contributed by atoms with Crippen LogP contribution in [-0.2, 0) is 19.5 Å². The Morgan fingerprint density at radius 1 is 0.610 bits per heavy atom. The van der Waals surface area contributed by atoms with Crippen molar-refractivity contribution in [3.8, 4) is 22.5 Å². The average Bonchev–Trinajstić information content (AvgIpc) is 3.70. The van der Waals surface area contributed by atoms with Crippen molar-refractivity contribution >= 4 is 53.7 Å². The number of fused-ring (bicyclic) bond motifs is 6. The summed E-state index contributed by atoms with van der Waals surface area (Å²) in [5.74, 6) is 0. The molecule has 196 valence electrons. The van der Waals surface area contributed by atoms with Crippen LogP contribution in [0.4, 0.5) is 0 Å². The van der Waals surface area contributed by atoms with Crippen LogP contribution in [-0.4, -0.2) is 9.97 Å². The molecular weight excluding hydrogens is 578 g/mol. The molecule has 0 aliphatic heterocycles. The molecule has 0 atom stereocenters. The molecule has 0 saturated heterocycles. The second-order valence-electron chi connectivity index (χ2n) is 10.1. The first kappa shape index (κ1) is 27.1. The molecule has 0 fully saturated rings. The predicted molar refractivity (Wildman–Crippen MR) is 165 cm³/mol. The Balaban J connectivity index is 0.000000144. The van der Waals surface area contributed by atoms with E-state index in [0.29, 0.717) is 0 Å². The molecule has 0 aliphatic rings. The summed E-state index contributed by atoms with van der Waals surface area (Å²) in [5.41, 5.74) is 12.6. The molecule has 0 aliphatic carbocycles. The van der Waals surface area contributed by atoms with Gasteiger partial charge in [0, 0.05) is 22.5 Å². The summed E-state index contributed by atoms with van der Waals surface area (Å²) < 4.78 is 8.38. The first-order chi connectivity index (χ1) is 19.5. The number of aromatic nitrogens is 4. The zero-order valence-electron chi connectivity index (χ0n) is 23.4. The van der Waals surface area contributed by atoms with E-state index in [-0.39, 0.29) is 19.5 Å². The molecule has 0 spiro atoms. The molecule has 0 unspecified atom stereocenters. The van der Waals surface area contributed by atoms with Gasteiger partial charge < -0.3 is 14.4 Å². The smallest absolute Gasteiger partial charge is 0.661 e. The third kappa shape index (κ3) is 4.69. The van der Waals surface area contributed by atoms with Crippen LogP contribution in [0.5, 0.6) is 0 Å². The average molecular weight is 604 g/mol. The van der Waals surface area contributed by atoms with Crippen molar-refractivity contribution in [3.63, 3.8) is 0 Å². The fourth-order valence-corrected chi connectivity index (χ4v) is 6.67. The Morgan fingerprint density at radius 2 is 1.17 bits per heavy atom. The maximum Gasteiger partial charge on any atom is 2.00 e. The molecule has 6 heterocycles. The van der Waals surface area contributed by atoms with Gasteiger partial charge in [-0.05, 0) is 61.4 Å². The van der Waals surface area contributed by atoms with E-state index >= 15 is 0 Å². The molecule has 0 N–H and O–H groups in total. The summed E-state index contributed by atoms with van der Waals surface area (Å²) in [4.78, 5) is 18.4. The first-order valence-corrected chi connectivity index (χ1v) is 14.0. The molecule has 6 aromatic heterocycles. The van der Waals surface area contributed by atoms with Crippen LogP contribution >= 0.6 is 11.3 Å². The molecule has 8 rings (SSSR count). The van der Waals surface area contributed by atoms with Crippen LogP contribution < -0.4 is 9.97 Å². The number of hydrogen-bond acceptors (Lipinski definition) is 4. The van der Waals surface area contributed by atoms with Crippen molar-refractivity contribution in [1.82, 2.24) is 19.9 Å². The number of furan rings is 1. The summed E-state index contributed by atoms with van der Waals surface area (Å²) >= 11 is 1.79. The molecule has 7 heteroatoms. The molecule has 0 radical (unpaired) electrons. The zero-order chi connectivity index (χ0) is 27.4. The van der Waals surface area contributed by atoms with Crippen molar-refractivity contribution in [1.29, 1.82) is 0 Å². The molecule has 0 amide bonds.